The minimum atomic E-state index is -1.29. The number of carbonyl (C=O) groups is 2. The molecule has 2 N–H and O–H groups in total. The predicted molar refractivity (Wildman–Crippen MR) is 57.8 cm³/mol. The van der Waals surface area contributed by atoms with Gasteiger partial charge in [-0.3, -0.25) is 24.8 Å². The summed E-state index contributed by atoms with van der Waals surface area (Å²) >= 11 is 0. The Morgan fingerprint density at radius 3 is 2.88 bits per heavy atom. The van der Waals surface area contributed by atoms with Crippen molar-refractivity contribution in [3.8, 4) is 0 Å². The maximum Gasteiger partial charge on any atom is 0.325 e. The molecule has 0 saturated carbocycles. The molecule has 2 aliphatic heterocycles. The molecule has 0 radical (unpaired) electrons. The van der Waals surface area contributed by atoms with Gasteiger partial charge in [0.2, 0.25) is 0 Å². The van der Waals surface area contributed by atoms with Gasteiger partial charge in [-0.25, -0.2) is 5.06 Å². The maximum absolute atomic E-state index is 11.6. The molecule has 17 heavy (non-hydrogen) atoms. The van der Waals surface area contributed by atoms with Gasteiger partial charge >= 0.3 is 5.97 Å². The number of rotatable bonds is 3. The van der Waals surface area contributed by atoms with Crippen LogP contribution in [0.25, 0.3) is 0 Å². The molecule has 0 saturated heterocycles. The van der Waals surface area contributed by atoms with E-state index in [1.165, 1.54) is 6.20 Å². The van der Waals surface area contributed by atoms with E-state index in [0.717, 1.165) is 0 Å². The maximum atomic E-state index is 11.6. The number of hydrogen-bond donors (Lipinski definition) is 2. The van der Waals surface area contributed by atoms with Gasteiger partial charge in [-0.2, -0.15) is 0 Å². The van der Waals surface area contributed by atoms with E-state index in [4.69, 9.17) is 5.11 Å². The Hall–Kier alpha value is -2.28. The van der Waals surface area contributed by atoms with E-state index in [9.17, 15) is 14.8 Å². The molecule has 0 aliphatic carbocycles. The van der Waals surface area contributed by atoms with E-state index < -0.39 is 18.4 Å². The second kappa shape index (κ2) is 4.30. The van der Waals surface area contributed by atoms with Crippen LogP contribution in [-0.4, -0.2) is 45.2 Å². The van der Waals surface area contributed by atoms with Crippen molar-refractivity contribution in [3.63, 3.8) is 0 Å². The molecule has 0 aromatic carbocycles. The molecule has 2 rings (SSSR count). The summed E-state index contributed by atoms with van der Waals surface area (Å²) in [6, 6.07) is 0. The number of carbonyl (C=O) groups excluding carboxylic acids is 1. The van der Waals surface area contributed by atoms with Gasteiger partial charge in [-0.05, 0) is 6.08 Å². The molecular formula is C10H9N3O4. The van der Waals surface area contributed by atoms with E-state index in [2.05, 4.69) is 9.98 Å². The van der Waals surface area contributed by atoms with Gasteiger partial charge in [0, 0.05) is 24.4 Å². The van der Waals surface area contributed by atoms with Gasteiger partial charge in [0.1, 0.15) is 6.54 Å². The molecule has 7 nitrogen and oxygen atoms in total. The summed E-state index contributed by atoms with van der Waals surface area (Å²) in [4.78, 5) is 30.0. The largest absolute Gasteiger partial charge is 0.480 e. The van der Waals surface area contributed by atoms with Crippen LogP contribution in [0, 0.1) is 0 Å². The quantitative estimate of drug-likeness (QED) is 0.530. The molecule has 0 fully saturated rings. The first-order valence-electron chi connectivity index (χ1n) is 4.81. The number of fused-ring (bicyclic) bond motifs is 1. The minimum Gasteiger partial charge on any atom is -0.480 e. The number of hydrogen-bond acceptors (Lipinski definition) is 5. The van der Waals surface area contributed by atoms with E-state index in [1.807, 2.05) is 0 Å². The zero-order chi connectivity index (χ0) is 12.4. The molecule has 0 unspecified atom stereocenters. The van der Waals surface area contributed by atoms with Crippen molar-refractivity contribution in [2.45, 2.75) is 6.42 Å². The van der Waals surface area contributed by atoms with Crippen LogP contribution < -0.4 is 0 Å². The molecule has 0 aromatic rings. The molecule has 1 amide bonds. The standard InChI is InChI=1S/C10H9N3O4/c14-9(15)5-13(17)10(16)6-3-8-7(12-4-6)1-2-11-8/h1-2,4,17H,3,5H2,(H,14,15). The first-order valence-corrected chi connectivity index (χ1v) is 4.81. The lowest BCUT2D eigenvalue weighted by molar-refractivity contribution is -0.170. The third kappa shape index (κ3) is 2.28. The summed E-state index contributed by atoms with van der Waals surface area (Å²) in [6.07, 6.45) is 4.84. The number of aliphatic carboxylic acids is 1. The van der Waals surface area contributed by atoms with Crippen LogP contribution in [0.1, 0.15) is 6.42 Å². The Bertz CT molecular complexity index is 502. The van der Waals surface area contributed by atoms with Crippen molar-refractivity contribution >= 4 is 23.3 Å². The molecule has 0 bridgehead atoms. The van der Waals surface area contributed by atoms with Crippen LogP contribution in [0.2, 0.25) is 0 Å². The Kier molecular flexibility index (Phi) is 2.84. The second-order valence-corrected chi connectivity index (χ2v) is 3.49. The number of hydroxylamine groups is 2. The lowest BCUT2D eigenvalue weighted by Crippen LogP contribution is -2.35. The fraction of sp³-hybridized carbons (Fsp3) is 0.200. The Balaban J connectivity index is 2.10. The number of amides is 1. The third-order valence-electron chi connectivity index (χ3n) is 2.27. The van der Waals surface area contributed by atoms with Gasteiger partial charge in [0.25, 0.3) is 5.91 Å². The van der Waals surface area contributed by atoms with E-state index in [0.29, 0.717) is 11.4 Å². The number of nitrogens with zero attached hydrogens (tertiary/aromatic N) is 3. The predicted octanol–water partition coefficient (Wildman–Crippen LogP) is -0.0143. The van der Waals surface area contributed by atoms with E-state index >= 15 is 0 Å². The fourth-order valence-corrected chi connectivity index (χ4v) is 1.48. The second-order valence-electron chi connectivity index (χ2n) is 3.49. The molecular weight excluding hydrogens is 226 g/mol. The van der Waals surface area contributed by atoms with Crippen molar-refractivity contribution < 1.29 is 19.9 Å². The van der Waals surface area contributed by atoms with E-state index in [1.54, 1.807) is 12.3 Å². The topological polar surface area (TPSA) is 103 Å². The van der Waals surface area contributed by atoms with Crippen LogP contribution >= 0.6 is 0 Å². The van der Waals surface area contributed by atoms with Crippen molar-refractivity contribution in [3.05, 3.63) is 24.0 Å². The van der Waals surface area contributed by atoms with Crippen molar-refractivity contribution in [2.75, 3.05) is 6.54 Å². The van der Waals surface area contributed by atoms with Crippen LogP contribution in [-0.2, 0) is 9.59 Å². The zero-order valence-electron chi connectivity index (χ0n) is 8.70. The highest BCUT2D eigenvalue weighted by atomic mass is 16.5. The lowest BCUT2D eigenvalue weighted by atomic mass is 10.0. The van der Waals surface area contributed by atoms with Crippen LogP contribution in [0.5, 0.6) is 0 Å². The van der Waals surface area contributed by atoms with Crippen molar-refractivity contribution in [1.29, 1.82) is 0 Å². The first-order chi connectivity index (χ1) is 8.08. The molecule has 2 aliphatic rings. The Morgan fingerprint density at radius 2 is 2.18 bits per heavy atom. The fourth-order valence-electron chi connectivity index (χ4n) is 1.48. The summed E-state index contributed by atoms with van der Waals surface area (Å²) in [5.41, 5.74) is 1.53. The number of carboxylic acid groups (broad SMARTS) is 1. The van der Waals surface area contributed by atoms with Gasteiger partial charge in [-0.15, -0.1) is 0 Å². The van der Waals surface area contributed by atoms with E-state index in [-0.39, 0.29) is 17.1 Å². The highest BCUT2D eigenvalue weighted by Gasteiger charge is 2.24. The normalized spacial score (nSPS) is 16.9. The number of aliphatic imine (C=N–C) groups is 2. The Labute approximate surface area is 96.0 Å². The van der Waals surface area contributed by atoms with Crippen molar-refractivity contribution in [2.24, 2.45) is 9.98 Å². The number of allylic oxidation sites excluding steroid dienone is 1. The molecule has 0 aromatic heterocycles. The summed E-state index contributed by atoms with van der Waals surface area (Å²) in [5, 5.41) is 17.8. The average molecular weight is 235 g/mol. The summed E-state index contributed by atoms with van der Waals surface area (Å²) in [6.45, 7) is -0.766. The van der Waals surface area contributed by atoms with Gasteiger partial charge in [0.05, 0.1) is 11.4 Å². The van der Waals surface area contributed by atoms with Gasteiger partial charge in [0.15, 0.2) is 0 Å². The monoisotopic (exact) mass is 235 g/mol. The Morgan fingerprint density at radius 1 is 1.41 bits per heavy atom. The van der Waals surface area contributed by atoms with Gasteiger partial charge in [-0.1, -0.05) is 0 Å². The third-order valence-corrected chi connectivity index (χ3v) is 2.27. The summed E-state index contributed by atoms with van der Waals surface area (Å²) in [7, 11) is 0. The first kappa shape index (κ1) is 11.2. The average Bonchev–Trinajstić information content (AvgIpc) is 2.73. The summed E-state index contributed by atoms with van der Waals surface area (Å²) in [5.74, 6) is -2.06. The molecule has 2 heterocycles. The van der Waals surface area contributed by atoms with Crippen LogP contribution in [0.3, 0.4) is 0 Å². The molecule has 0 spiro atoms. The minimum absolute atomic E-state index is 0.150. The smallest absolute Gasteiger partial charge is 0.325 e. The van der Waals surface area contributed by atoms with Crippen LogP contribution in [0.4, 0.5) is 0 Å². The highest BCUT2D eigenvalue weighted by molar-refractivity contribution is 6.49. The molecule has 88 valence electrons. The van der Waals surface area contributed by atoms with Crippen LogP contribution in [0.15, 0.2) is 34.0 Å². The lowest BCUT2D eigenvalue weighted by Gasteiger charge is -2.16. The number of carboxylic acids is 1. The van der Waals surface area contributed by atoms with Gasteiger partial charge < -0.3 is 5.11 Å². The zero-order valence-corrected chi connectivity index (χ0v) is 8.70. The highest BCUT2D eigenvalue weighted by Crippen LogP contribution is 2.16. The van der Waals surface area contributed by atoms with Crippen molar-refractivity contribution in [1.82, 2.24) is 5.06 Å². The molecule has 0 atom stereocenters. The summed E-state index contributed by atoms with van der Waals surface area (Å²) < 4.78 is 0. The molecule has 7 heteroatoms. The SMILES string of the molecule is O=C(O)CN(O)C(=O)C1=CN=C2C=CN=C2C1.